The molecule has 0 bridgehead atoms. The highest BCUT2D eigenvalue weighted by atomic mass is 16.6. The standard InChI is InChI=1S/C6H13NO3/c1-4(2)10-6(8)5(3)7-9/h4-5,7,9H,1-3H3/t5-/m0/s1. The minimum Gasteiger partial charge on any atom is -0.462 e. The van der Waals surface area contributed by atoms with Gasteiger partial charge in [-0.1, -0.05) is 0 Å². The minimum atomic E-state index is -0.651. The molecule has 0 unspecified atom stereocenters. The van der Waals surface area contributed by atoms with Crippen molar-refractivity contribution in [3.05, 3.63) is 0 Å². The number of ether oxygens (including phenoxy) is 1. The van der Waals surface area contributed by atoms with Crippen LogP contribution in [0.25, 0.3) is 0 Å². The fraction of sp³-hybridized carbons (Fsp3) is 0.833. The maximum Gasteiger partial charge on any atom is 0.325 e. The molecule has 10 heavy (non-hydrogen) atoms. The maximum atomic E-state index is 10.7. The first-order valence-corrected chi connectivity index (χ1v) is 3.18. The summed E-state index contributed by atoms with van der Waals surface area (Å²) in [6.45, 7) is 5.02. The highest BCUT2D eigenvalue weighted by molar-refractivity contribution is 5.75. The van der Waals surface area contributed by atoms with Crippen molar-refractivity contribution in [3.8, 4) is 0 Å². The van der Waals surface area contributed by atoms with Gasteiger partial charge < -0.3 is 9.94 Å². The minimum absolute atomic E-state index is 0.136. The van der Waals surface area contributed by atoms with Crippen LogP contribution in [-0.4, -0.2) is 23.3 Å². The van der Waals surface area contributed by atoms with Crippen molar-refractivity contribution in [2.75, 3.05) is 0 Å². The predicted octanol–water partition coefficient (Wildman–Crippen LogP) is 0.305. The van der Waals surface area contributed by atoms with Crippen LogP contribution in [0.4, 0.5) is 0 Å². The average molecular weight is 147 g/mol. The maximum absolute atomic E-state index is 10.7. The van der Waals surface area contributed by atoms with Gasteiger partial charge in [0.2, 0.25) is 0 Å². The molecule has 4 nitrogen and oxygen atoms in total. The lowest BCUT2D eigenvalue weighted by Crippen LogP contribution is -2.34. The Balaban J connectivity index is 3.62. The second-order valence-electron chi connectivity index (χ2n) is 2.34. The molecule has 0 aliphatic heterocycles. The summed E-state index contributed by atoms with van der Waals surface area (Å²) in [5.41, 5.74) is 1.80. The number of hydroxylamine groups is 1. The fourth-order valence-corrected chi connectivity index (χ4v) is 0.387. The molecule has 0 rings (SSSR count). The topological polar surface area (TPSA) is 58.6 Å². The van der Waals surface area contributed by atoms with Crippen LogP contribution in [0.15, 0.2) is 0 Å². The molecule has 0 amide bonds. The number of rotatable bonds is 3. The van der Waals surface area contributed by atoms with Gasteiger partial charge in [0.25, 0.3) is 0 Å². The summed E-state index contributed by atoms with van der Waals surface area (Å²) in [4.78, 5) is 10.7. The highest BCUT2D eigenvalue weighted by Crippen LogP contribution is 1.92. The predicted molar refractivity (Wildman–Crippen MR) is 35.6 cm³/mol. The van der Waals surface area contributed by atoms with Gasteiger partial charge in [-0.3, -0.25) is 4.79 Å². The molecule has 2 N–H and O–H groups in total. The van der Waals surface area contributed by atoms with Crippen LogP contribution >= 0.6 is 0 Å². The Morgan fingerprint density at radius 2 is 2.00 bits per heavy atom. The van der Waals surface area contributed by atoms with Crippen molar-refractivity contribution in [2.24, 2.45) is 0 Å². The number of carbonyl (C=O) groups excluding carboxylic acids is 1. The summed E-state index contributed by atoms with van der Waals surface area (Å²) >= 11 is 0. The summed E-state index contributed by atoms with van der Waals surface area (Å²) < 4.78 is 4.74. The van der Waals surface area contributed by atoms with E-state index in [-0.39, 0.29) is 6.10 Å². The SMILES string of the molecule is CC(C)OC(=O)[C@H](C)NO. The highest BCUT2D eigenvalue weighted by Gasteiger charge is 2.13. The van der Waals surface area contributed by atoms with Gasteiger partial charge in [0, 0.05) is 0 Å². The third-order valence-corrected chi connectivity index (χ3v) is 0.899. The Kier molecular flexibility index (Phi) is 3.99. The lowest BCUT2D eigenvalue weighted by atomic mass is 10.3. The molecule has 0 heterocycles. The molecule has 60 valence electrons. The van der Waals surface area contributed by atoms with Crippen LogP contribution in [0, 0.1) is 0 Å². The van der Waals surface area contributed by atoms with E-state index in [1.807, 2.05) is 0 Å². The van der Waals surface area contributed by atoms with Crippen LogP contribution in [0.2, 0.25) is 0 Å². The van der Waals surface area contributed by atoms with Crippen molar-refractivity contribution in [3.63, 3.8) is 0 Å². The number of hydrogen-bond donors (Lipinski definition) is 2. The molecule has 0 aromatic rings. The van der Waals surface area contributed by atoms with Crippen LogP contribution in [0.5, 0.6) is 0 Å². The summed E-state index contributed by atoms with van der Waals surface area (Å²) in [7, 11) is 0. The van der Waals surface area contributed by atoms with E-state index in [2.05, 4.69) is 0 Å². The number of carbonyl (C=O) groups is 1. The van der Waals surface area contributed by atoms with E-state index in [9.17, 15) is 4.79 Å². The van der Waals surface area contributed by atoms with Crippen LogP contribution < -0.4 is 5.48 Å². The third-order valence-electron chi connectivity index (χ3n) is 0.899. The van der Waals surface area contributed by atoms with E-state index in [4.69, 9.17) is 9.94 Å². The van der Waals surface area contributed by atoms with Crippen molar-refractivity contribution in [2.45, 2.75) is 32.9 Å². The molecule has 0 radical (unpaired) electrons. The van der Waals surface area contributed by atoms with Gasteiger partial charge in [0.05, 0.1) is 6.10 Å². The Bertz CT molecular complexity index is 114. The van der Waals surface area contributed by atoms with E-state index in [1.165, 1.54) is 6.92 Å². The van der Waals surface area contributed by atoms with E-state index in [0.29, 0.717) is 0 Å². The van der Waals surface area contributed by atoms with E-state index in [1.54, 1.807) is 19.3 Å². The molecule has 0 spiro atoms. The van der Waals surface area contributed by atoms with Crippen LogP contribution in [-0.2, 0) is 9.53 Å². The van der Waals surface area contributed by atoms with Gasteiger partial charge in [0.15, 0.2) is 0 Å². The molecule has 0 saturated heterocycles. The van der Waals surface area contributed by atoms with Crippen molar-refractivity contribution in [1.82, 2.24) is 5.48 Å². The van der Waals surface area contributed by atoms with Crippen molar-refractivity contribution in [1.29, 1.82) is 0 Å². The quantitative estimate of drug-likeness (QED) is 0.445. The molecule has 4 heteroatoms. The van der Waals surface area contributed by atoms with Crippen LogP contribution in [0.3, 0.4) is 0 Å². The van der Waals surface area contributed by atoms with Gasteiger partial charge >= 0.3 is 5.97 Å². The molecule has 0 aromatic carbocycles. The van der Waals surface area contributed by atoms with Crippen molar-refractivity contribution < 1.29 is 14.7 Å². The summed E-state index contributed by atoms with van der Waals surface area (Å²) in [6, 6.07) is -0.651. The first kappa shape index (κ1) is 9.39. The lowest BCUT2D eigenvalue weighted by molar-refractivity contribution is -0.152. The van der Waals surface area contributed by atoms with Gasteiger partial charge in [-0.25, -0.2) is 0 Å². The number of nitrogens with one attached hydrogen (secondary N) is 1. The Hall–Kier alpha value is -0.610. The van der Waals surface area contributed by atoms with Crippen LogP contribution in [0.1, 0.15) is 20.8 Å². The first-order chi connectivity index (χ1) is 4.57. The Morgan fingerprint density at radius 3 is 2.30 bits per heavy atom. The lowest BCUT2D eigenvalue weighted by Gasteiger charge is -2.11. The van der Waals surface area contributed by atoms with Gasteiger partial charge in [-0.15, -0.1) is 0 Å². The van der Waals surface area contributed by atoms with Gasteiger partial charge in [0.1, 0.15) is 6.04 Å². The molecular weight excluding hydrogens is 134 g/mol. The zero-order valence-electron chi connectivity index (χ0n) is 6.42. The van der Waals surface area contributed by atoms with E-state index >= 15 is 0 Å². The molecule has 0 aromatic heterocycles. The summed E-state index contributed by atoms with van der Waals surface area (Å²) in [6.07, 6.45) is -0.136. The molecule has 0 aliphatic carbocycles. The molecule has 1 atom stereocenters. The second-order valence-corrected chi connectivity index (χ2v) is 2.34. The molecule has 0 aliphatic rings. The van der Waals surface area contributed by atoms with E-state index < -0.39 is 12.0 Å². The fourth-order valence-electron chi connectivity index (χ4n) is 0.387. The zero-order chi connectivity index (χ0) is 8.15. The first-order valence-electron chi connectivity index (χ1n) is 3.18. The molecular formula is C6H13NO3. The zero-order valence-corrected chi connectivity index (χ0v) is 6.42. The normalized spacial score (nSPS) is 13.3. The monoisotopic (exact) mass is 147 g/mol. The van der Waals surface area contributed by atoms with E-state index in [0.717, 1.165) is 0 Å². The summed E-state index contributed by atoms with van der Waals surface area (Å²) in [5.74, 6) is -0.447. The molecule has 0 saturated carbocycles. The average Bonchev–Trinajstić information content (AvgIpc) is 1.85. The van der Waals surface area contributed by atoms with Crippen molar-refractivity contribution >= 4 is 5.97 Å². The summed E-state index contributed by atoms with van der Waals surface area (Å²) in [5, 5.41) is 8.27. The van der Waals surface area contributed by atoms with Gasteiger partial charge in [-0.2, -0.15) is 5.48 Å². The Morgan fingerprint density at radius 1 is 1.50 bits per heavy atom. The molecule has 0 fully saturated rings. The largest absolute Gasteiger partial charge is 0.462 e. The number of esters is 1. The smallest absolute Gasteiger partial charge is 0.325 e. The van der Waals surface area contributed by atoms with Gasteiger partial charge in [-0.05, 0) is 20.8 Å². The third kappa shape index (κ3) is 3.42. The Labute approximate surface area is 60.1 Å². The number of hydrogen-bond acceptors (Lipinski definition) is 4. The second kappa shape index (κ2) is 4.24.